The van der Waals surface area contributed by atoms with E-state index in [1.807, 2.05) is 13.1 Å². The van der Waals surface area contributed by atoms with Crippen LogP contribution in [0.15, 0.2) is 18.3 Å². The van der Waals surface area contributed by atoms with E-state index in [1.165, 1.54) is 32.1 Å². The minimum absolute atomic E-state index is 0.0691. The van der Waals surface area contributed by atoms with Crippen LogP contribution < -0.4 is 10.6 Å². The van der Waals surface area contributed by atoms with Gasteiger partial charge in [-0.05, 0) is 43.7 Å². The highest BCUT2D eigenvalue weighted by atomic mass is 15.2. The fourth-order valence-electron chi connectivity index (χ4n) is 2.95. The third kappa shape index (κ3) is 3.93. The Morgan fingerprint density at radius 1 is 1.37 bits per heavy atom. The Balaban J connectivity index is 1.97. The van der Waals surface area contributed by atoms with E-state index in [1.54, 1.807) is 0 Å². The molecule has 2 atom stereocenters. The van der Waals surface area contributed by atoms with Crippen molar-refractivity contribution >= 4 is 5.82 Å². The van der Waals surface area contributed by atoms with Gasteiger partial charge >= 0.3 is 0 Å². The lowest BCUT2D eigenvalue weighted by atomic mass is 9.96. The molecule has 2 rings (SSSR count). The normalized spacial score (nSPS) is 22.1. The zero-order chi connectivity index (χ0) is 13.7. The summed E-state index contributed by atoms with van der Waals surface area (Å²) in [6.45, 7) is 6.58. The van der Waals surface area contributed by atoms with Gasteiger partial charge in [0.15, 0.2) is 0 Å². The molecule has 3 heteroatoms. The molecule has 1 aliphatic heterocycles. The number of anilines is 1. The zero-order valence-electron chi connectivity index (χ0n) is 12.3. The van der Waals surface area contributed by atoms with Crippen LogP contribution in [-0.2, 0) is 0 Å². The van der Waals surface area contributed by atoms with E-state index < -0.39 is 0 Å². The number of pyridine rings is 1. The molecular formula is C16H27N3. The van der Waals surface area contributed by atoms with Gasteiger partial charge in [0.1, 0.15) is 5.82 Å². The molecule has 0 radical (unpaired) electrons. The number of hydrogen-bond donors (Lipinski definition) is 1. The third-order valence-corrected chi connectivity index (χ3v) is 4.17. The number of aromatic nitrogens is 1. The minimum atomic E-state index is 0.0691. The lowest BCUT2D eigenvalue weighted by molar-refractivity contribution is 0.435. The number of nitrogens with zero attached hydrogens (tertiary/aromatic N) is 2. The van der Waals surface area contributed by atoms with E-state index in [9.17, 15) is 0 Å². The van der Waals surface area contributed by atoms with Crippen LogP contribution in [-0.4, -0.2) is 18.1 Å². The molecule has 0 bridgehead atoms. The zero-order valence-corrected chi connectivity index (χ0v) is 12.3. The van der Waals surface area contributed by atoms with Gasteiger partial charge in [-0.3, -0.25) is 0 Å². The molecule has 0 aliphatic carbocycles. The molecular weight excluding hydrogens is 234 g/mol. The summed E-state index contributed by atoms with van der Waals surface area (Å²) in [7, 11) is 0. The maximum absolute atomic E-state index is 5.87. The quantitative estimate of drug-likeness (QED) is 0.902. The highest BCUT2D eigenvalue weighted by molar-refractivity contribution is 5.39. The Bertz CT molecular complexity index is 372. The molecule has 1 aromatic heterocycles. The Morgan fingerprint density at radius 3 is 2.84 bits per heavy atom. The average Bonchev–Trinajstić information content (AvgIpc) is 2.65. The number of hydrogen-bond acceptors (Lipinski definition) is 3. The second kappa shape index (κ2) is 6.90. The fraction of sp³-hybridized carbons (Fsp3) is 0.688. The van der Waals surface area contributed by atoms with E-state index in [0.717, 1.165) is 30.4 Å². The summed E-state index contributed by atoms with van der Waals surface area (Å²) in [5.41, 5.74) is 6.98. The molecule has 0 amide bonds. The van der Waals surface area contributed by atoms with E-state index in [0.29, 0.717) is 0 Å². The van der Waals surface area contributed by atoms with Crippen molar-refractivity contribution in [2.45, 2.75) is 52.0 Å². The molecule has 2 unspecified atom stereocenters. The van der Waals surface area contributed by atoms with Crippen molar-refractivity contribution in [3.63, 3.8) is 0 Å². The SMILES string of the molecule is CCCC1CCCN(c2ccc(C(C)N)cn2)CC1. The van der Waals surface area contributed by atoms with Crippen molar-refractivity contribution < 1.29 is 0 Å². The van der Waals surface area contributed by atoms with Gasteiger partial charge in [-0.2, -0.15) is 0 Å². The standard InChI is InChI=1S/C16H27N3/c1-3-5-14-6-4-10-19(11-9-14)16-8-7-15(12-18-16)13(2)17/h7-8,12-14H,3-6,9-11,17H2,1-2H3. The van der Waals surface area contributed by atoms with Crippen LogP contribution in [0.3, 0.4) is 0 Å². The van der Waals surface area contributed by atoms with Crippen LogP contribution >= 0.6 is 0 Å². The van der Waals surface area contributed by atoms with Crippen LogP contribution in [0, 0.1) is 5.92 Å². The van der Waals surface area contributed by atoms with Crippen molar-refractivity contribution in [1.29, 1.82) is 0 Å². The second-order valence-corrected chi connectivity index (χ2v) is 5.81. The van der Waals surface area contributed by atoms with Gasteiger partial charge in [0.2, 0.25) is 0 Å². The lowest BCUT2D eigenvalue weighted by Gasteiger charge is -2.22. The molecule has 1 fully saturated rings. The first-order valence-electron chi connectivity index (χ1n) is 7.67. The van der Waals surface area contributed by atoms with Gasteiger partial charge in [0.05, 0.1) is 0 Å². The first-order chi connectivity index (χ1) is 9.20. The van der Waals surface area contributed by atoms with Crippen LogP contribution in [0.4, 0.5) is 5.82 Å². The van der Waals surface area contributed by atoms with Crippen LogP contribution in [0.5, 0.6) is 0 Å². The maximum atomic E-state index is 5.87. The number of nitrogens with two attached hydrogens (primary N) is 1. The Morgan fingerprint density at radius 2 is 2.21 bits per heavy atom. The second-order valence-electron chi connectivity index (χ2n) is 5.81. The van der Waals surface area contributed by atoms with Gasteiger partial charge in [-0.1, -0.05) is 25.8 Å². The Labute approximate surface area is 117 Å². The Hall–Kier alpha value is -1.09. The molecule has 0 aromatic carbocycles. The fourth-order valence-corrected chi connectivity index (χ4v) is 2.95. The number of rotatable bonds is 4. The third-order valence-electron chi connectivity index (χ3n) is 4.17. The molecule has 0 spiro atoms. The maximum Gasteiger partial charge on any atom is 0.128 e. The Kier molecular flexibility index (Phi) is 5.20. The van der Waals surface area contributed by atoms with Crippen molar-refractivity contribution in [3.05, 3.63) is 23.9 Å². The summed E-state index contributed by atoms with van der Waals surface area (Å²) in [6.07, 6.45) is 8.60. The van der Waals surface area contributed by atoms with Crippen LogP contribution in [0.1, 0.15) is 57.6 Å². The van der Waals surface area contributed by atoms with Gasteiger partial charge in [-0.15, -0.1) is 0 Å². The van der Waals surface area contributed by atoms with Gasteiger partial charge in [0, 0.05) is 25.3 Å². The molecule has 106 valence electrons. The van der Waals surface area contributed by atoms with E-state index in [-0.39, 0.29) is 6.04 Å². The first-order valence-corrected chi connectivity index (χ1v) is 7.67. The smallest absolute Gasteiger partial charge is 0.128 e. The predicted molar refractivity (Wildman–Crippen MR) is 81.3 cm³/mol. The molecule has 0 saturated carbocycles. The van der Waals surface area contributed by atoms with Crippen LogP contribution in [0.2, 0.25) is 0 Å². The summed E-state index contributed by atoms with van der Waals surface area (Å²) in [6, 6.07) is 4.31. The van der Waals surface area contributed by atoms with E-state index in [2.05, 4.69) is 28.9 Å². The molecule has 1 saturated heterocycles. The molecule has 2 heterocycles. The molecule has 2 N–H and O–H groups in total. The summed E-state index contributed by atoms with van der Waals surface area (Å²) in [5.74, 6) is 2.03. The van der Waals surface area contributed by atoms with Gasteiger partial charge in [0.25, 0.3) is 0 Å². The topological polar surface area (TPSA) is 42.1 Å². The van der Waals surface area contributed by atoms with Crippen molar-refractivity contribution in [1.82, 2.24) is 4.98 Å². The summed E-state index contributed by atoms with van der Waals surface area (Å²) in [5, 5.41) is 0. The van der Waals surface area contributed by atoms with Crippen LogP contribution in [0.25, 0.3) is 0 Å². The molecule has 1 aromatic rings. The highest BCUT2D eigenvalue weighted by Gasteiger charge is 2.17. The highest BCUT2D eigenvalue weighted by Crippen LogP contribution is 2.24. The van der Waals surface area contributed by atoms with Crippen molar-refractivity contribution in [3.8, 4) is 0 Å². The summed E-state index contributed by atoms with van der Waals surface area (Å²) < 4.78 is 0. The van der Waals surface area contributed by atoms with Crippen molar-refractivity contribution in [2.75, 3.05) is 18.0 Å². The lowest BCUT2D eigenvalue weighted by Crippen LogP contribution is -2.25. The molecule has 3 nitrogen and oxygen atoms in total. The largest absolute Gasteiger partial charge is 0.357 e. The van der Waals surface area contributed by atoms with E-state index >= 15 is 0 Å². The average molecular weight is 261 g/mol. The van der Waals surface area contributed by atoms with E-state index in [4.69, 9.17) is 5.73 Å². The monoisotopic (exact) mass is 261 g/mol. The summed E-state index contributed by atoms with van der Waals surface area (Å²) in [4.78, 5) is 7.01. The van der Waals surface area contributed by atoms with Gasteiger partial charge in [-0.25, -0.2) is 4.98 Å². The minimum Gasteiger partial charge on any atom is -0.357 e. The molecule has 1 aliphatic rings. The van der Waals surface area contributed by atoms with Crippen molar-refractivity contribution in [2.24, 2.45) is 11.7 Å². The first kappa shape index (κ1) is 14.3. The predicted octanol–water partition coefficient (Wildman–Crippen LogP) is 3.51. The summed E-state index contributed by atoms with van der Waals surface area (Å²) >= 11 is 0. The van der Waals surface area contributed by atoms with Gasteiger partial charge < -0.3 is 10.6 Å². The molecule has 19 heavy (non-hydrogen) atoms.